The number of para-hydroxylation sites is 1. The van der Waals surface area contributed by atoms with Crippen molar-refractivity contribution < 1.29 is 4.42 Å². The molecule has 0 aliphatic rings. The maximum atomic E-state index is 11.6. The summed E-state index contributed by atoms with van der Waals surface area (Å²) in [4.78, 5) is 11.6. The van der Waals surface area contributed by atoms with Gasteiger partial charge in [0.05, 0.1) is 5.69 Å². The van der Waals surface area contributed by atoms with Gasteiger partial charge >= 0.3 is 5.76 Å². The summed E-state index contributed by atoms with van der Waals surface area (Å²) in [6, 6.07) is 7.50. The zero-order valence-corrected chi connectivity index (χ0v) is 9.01. The third kappa shape index (κ3) is 1.90. The summed E-state index contributed by atoms with van der Waals surface area (Å²) in [7, 11) is 0. The second kappa shape index (κ2) is 4.32. The van der Waals surface area contributed by atoms with Crippen molar-refractivity contribution in [3.05, 3.63) is 46.3 Å². The molecule has 5 heteroatoms. The van der Waals surface area contributed by atoms with E-state index in [0.717, 1.165) is 11.3 Å². The molecule has 2 aromatic rings. The molecular weight excluding hydrogens is 206 g/mol. The number of hydrogen-bond donors (Lipinski definition) is 1. The molecule has 16 heavy (non-hydrogen) atoms. The molecule has 0 unspecified atom stereocenters. The highest BCUT2D eigenvalue weighted by Gasteiger charge is 2.10. The molecule has 84 valence electrons. The Labute approximate surface area is 92.5 Å². The lowest BCUT2D eigenvalue weighted by molar-refractivity contribution is 0.459. The van der Waals surface area contributed by atoms with Crippen LogP contribution in [0.25, 0.3) is 5.69 Å². The Balaban J connectivity index is 2.48. The minimum atomic E-state index is -0.474. The van der Waals surface area contributed by atoms with E-state index < -0.39 is 5.76 Å². The van der Waals surface area contributed by atoms with Crippen LogP contribution in [0.3, 0.4) is 0 Å². The van der Waals surface area contributed by atoms with Crippen LogP contribution in [0, 0.1) is 6.92 Å². The van der Waals surface area contributed by atoms with E-state index in [0.29, 0.717) is 18.9 Å². The van der Waals surface area contributed by atoms with Crippen LogP contribution in [0.5, 0.6) is 0 Å². The summed E-state index contributed by atoms with van der Waals surface area (Å²) in [6.45, 7) is 2.33. The Morgan fingerprint density at radius 1 is 1.44 bits per heavy atom. The molecule has 1 aromatic carbocycles. The molecular formula is C11H13N3O2. The lowest BCUT2D eigenvalue weighted by Gasteiger charge is -2.01. The van der Waals surface area contributed by atoms with Crippen molar-refractivity contribution >= 4 is 0 Å². The average Bonchev–Trinajstić information content (AvgIpc) is 2.61. The van der Waals surface area contributed by atoms with Crippen LogP contribution in [0.4, 0.5) is 0 Å². The van der Waals surface area contributed by atoms with Crippen molar-refractivity contribution in [2.75, 3.05) is 6.54 Å². The predicted octanol–water partition coefficient (Wildman–Crippen LogP) is 0.635. The molecule has 0 saturated heterocycles. The quantitative estimate of drug-likeness (QED) is 0.821. The molecule has 1 heterocycles. The van der Waals surface area contributed by atoms with E-state index in [4.69, 9.17) is 10.2 Å². The molecule has 0 atom stereocenters. The minimum Gasteiger partial charge on any atom is -0.392 e. The monoisotopic (exact) mass is 219 g/mol. The molecule has 0 aliphatic carbocycles. The van der Waals surface area contributed by atoms with Crippen LogP contribution >= 0.6 is 0 Å². The second-order valence-electron chi connectivity index (χ2n) is 3.50. The lowest BCUT2D eigenvalue weighted by Crippen LogP contribution is -2.14. The first-order chi connectivity index (χ1) is 7.72. The van der Waals surface area contributed by atoms with E-state index in [9.17, 15) is 4.79 Å². The zero-order valence-electron chi connectivity index (χ0n) is 9.01. The SMILES string of the molecule is Cc1ccccc1-n1nc(CCN)oc1=O. The van der Waals surface area contributed by atoms with Gasteiger partial charge in [-0.2, -0.15) is 4.68 Å². The van der Waals surface area contributed by atoms with Gasteiger partial charge in [0.1, 0.15) is 0 Å². The van der Waals surface area contributed by atoms with Crippen LogP contribution in [0.15, 0.2) is 33.5 Å². The third-order valence-electron chi connectivity index (χ3n) is 2.29. The minimum absolute atomic E-state index is 0.371. The van der Waals surface area contributed by atoms with E-state index in [2.05, 4.69) is 5.10 Å². The van der Waals surface area contributed by atoms with Gasteiger partial charge in [0, 0.05) is 13.0 Å². The maximum absolute atomic E-state index is 11.6. The summed E-state index contributed by atoms with van der Waals surface area (Å²) in [5.74, 6) is -0.103. The highest BCUT2D eigenvalue weighted by molar-refractivity contribution is 5.38. The van der Waals surface area contributed by atoms with Gasteiger partial charge in [-0.3, -0.25) is 0 Å². The van der Waals surface area contributed by atoms with Gasteiger partial charge in [0.2, 0.25) is 5.89 Å². The molecule has 2 N–H and O–H groups in total. The van der Waals surface area contributed by atoms with E-state index in [1.165, 1.54) is 4.68 Å². The molecule has 5 nitrogen and oxygen atoms in total. The number of rotatable bonds is 3. The van der Waals surface area contributed by atoms with Gasteiger partial charge in [-0.25, -0.2) is 4.79 Å². The Morgan fingerprint density at radius 2 is 2.19 bits per heavy atom. The highest BCUT2D eigenvalue weighted by Crippen LogP contribution is 2.10. The highest BCUT2D eigenvalue weighted by atomic mass is 16.4. The fraction of sp³-hybridized carbons (Fsp3) is 0.273. The number of aryl methyl sites for hydroxylation is 1. The van der Waals surface area contributed by atoms with Crippen molar-refractivity contribution in [2.45, 2.75) is 13.3 Å². The van der Waals surface area contributed by atoms with Crippen LogP contribution in [0.1, 0.15) is 11.5 Å². The fourth-order valence-electron chi connectivity index (χ4n) is 1.49. The summed E-state index contributed by atoms with van der Waals surface area (Å²) in [5.41, 5.74) is 7.08. The first-order valence-electron chi connectivity index (χ1n) is 5.07. The van der Waals surface area contributed by atoms with Crippen molar-refractivity contribution in [1.82, 2.24) is 9.78 Å². The van der Waals surface area contributed by atoms with Gasteiger partial charge in [-0.15, -0.1) is 5.10 Å². The largest absolute Gasteiger partial charge is 0.441 e. The van der Waals surface area contributed by atoms with E-state index in [-0.39, 0.29) is 0 Å². The summed E-state index contributed by atoms with van der Waals surface area (Å²) < 4.78 is 6.24. The zero-order chi connectivity index (χ0) is 11.5. The van der Waals surface area contributed by atoms with E-state index >= 15 is 0 Å². The molecule has 0 bridgehead atoms. The number of hydrogen-bond acceptors (Lipinski definition) is 4. The second-order valence-corrected chi connectivity index (χ2v) is 3.50. The van der Waals surface area contributed by atoms with Gasteiger partial charge in [0.15, 0.2) is 0 Å². The number of nitrogens with zero attached hydrogens (tertiary/aromatic N) is 2. The molecule has 0 saturated carbocycles. The summed E-state index contributed by atoms with van der Waals surface area (Å²) in [6.07, 6.45) is 0.466. The lowest BCUT2D eigenvalue weighted by atomic mass is 10.2. The van der Waals surface area contributed by atoms with Crippen LogP contribution in [-0.2, 0) is 6.42 Å². The standard InChI is InChI=1S/C11H13N3O2/c1-8-4-2-3-5-9(8)14-11(15)16-10(13-14)6-7-12/h2-5H,6-7,12H2,1H3. The maximum Gasteiger partial charge on any atom is 0.441 e. The van der Waals surface area contributed by atoms with Crippen molar-refractivity contribution in [1.29, 1.82) is 0 Å². The number of aromatic nitrogens is 2. The third-order valence-corrected chi connectivity index (χ3v) is 2.29. The predicted molar refractivity (Wildman–Crippen MR) is 59.6 cm³/mol. The molecule has 0 spiro atoms. The first kappa shape index (κ1) is 10.6. The van der Waals surface area contributed by atoms with Crippen molar-refractivity contribution in [3.63, 3.8) is 0 Å². The number of nitrogens with two attached hydrogens (primary N) is 1. The molecule has 0 radical (unpaired) electrons. The van der Waals surface area contributed by atoms with Crippen LogP contribution in [0.2, 0.25) is 0 Å². The molecule has 0 fully saturated rings. The summed E-state index contributed by atoms with van der Waals surface area (Å²) >= 11 is 0. The van der Waals surface area contributed by atoms with Crippen molar-refractivity contribution in [3.8, 4) is 5.69 Å². The Kier molecular flexibility index (Phi) is 2.87. The first-order valence-corrected chi connectivity index (χ1v) is 5.07. The normalized spacial score (nSPS) is 10.6. The fourth-order valence-corrected chi connectivity index (χ4v) is 1.49. The smallest absolute Gasteiger partial charge is 0.392 e. The summed E-state index contributed by atoms with van der Waals surface area (Å²) in [5, 5.41) is 4.09. The molecule has 2 rings (SSSR count). The van der Waals surface area contributed by atoms with Gasteiger partial charge < -0.3 is 10.2 Å². The molecule has 1 aromatic heterocycles. The Morgan fingerprint density at radius 3 is 2.88 bits per heavy atom. The van der Waals surface area contributed by atoms with Crippen LogP contribution in [-0.4, -0.2) is 16.3 Å². The van der Waals surface area contributed by atoms with Gasteiger partial charge in [-0.1, -0.05) is 18.2 Å². The Hall–Kier alpha value is -1.88. The van der Waals surface area contributed by atoms with Gasteiger partial charge in [-0.05, 0) is 18.6 Å². The average molecular weight is 219 g/mol. The topological polar surface area (TPSA) is 74.1 Å². The van der Waals surface area contributed by atoms with Gasteiger partial charge in [0.25, 0.3) is 0 Å². The molecule has 0 aliphatic heterocycles. The van der Waals surface area contributed by atoms with Crippen molar-refractivity contribution in [2.24, 2.45) is 5.73 Å². The number of benzene rings is 1. The Bertz CT molecular complexity index is 542. The van der Waals surface area contributed by atoms with E-state index in [1.807, 2.05) is 31.2 Å². The van der Waals surface area contributed by atoms with E-state index in [1.54, 1.807) is 0 Å². The molecule has 0 amide bonds. The van der Waals surface area contributed by atoms with Crippen LogP contribution < -0.4 is 11.5 Å².